The zero-order valence-corrected chi connectivity index (χ0v) is 9.18. The van der Waals surface area contributed by atoms with Crippen molar-refractivity contribution >= 4 is 17.7 Å². The van der Waals surface area contributed by atoms with Gasteiger partial charge in [-0.05, 0) is 6.92 Å². The number of carboxylic acid groups (broad SMARTS) is 1. The monoisotopic (exact) mass is 265 g/mol. The Morgan fingerprint density at radius 1 is 1.44 bits per heavy atom. The number of anilines is 1. The molecule has 1 aromatic heterocycles. The summed E-state index contributed by atoms with van der Waals surface area (Å²) in [6.45, 7) is -0.0348. The van der Waals surface area contributed by atoms with Crippen LogP contribution in [0, 0.1) is 6.92 Å². The third-order valence-electron chi connectivity index (χ3n) is 1.99. The first-order chi connectivity index (χ1) is 8.20. The molecule has 0 saturated carbocycles. The molecule has 6 nitrogen and oxygen atoms in total. The summed E-state index contributed by atoms with van der Waals surface area (Å²) >= 11 is 0. The second-order valence-electron chi connectivity index (χ2n) is 3.43. The lowest BCUT2D eigenvalue weighted by molar-refractivity contribution is -0.122. The molecule has 0 radical (unpaired) electrons. The number of aromatic nitrogens is 1. The Balaban J connectivity index is 2.68. The minimum absolute atomic E-state index is 0.0975. The number of H-pyrrole nitrogens is 1. The van der Waals surface area contributed by atoms with Crippen molar-refractivity contribution in [3.8, 4) is 0 Å². The molecule has 0 aliphatic carbocycles. The zero-order chi connectivity index (χ0) is 13.9. The van der Waals surface area contributed by atoms with Crippen molar-refractivity contribution in [3.05, 3.63) is 17.5 Å². The van der Waals surface area contributed by atoms with Gasteiger partial charge >= 0.3 is 18.2 Å². The normalized spacial score (nSPS) is 11.1. The van der Waals surface area contributed by atoms with Crippen LogP contribution in [0.4, 0.5) is 23.7 Å². The summed E-state index contributed by atoms with van der Waals surface area (Å²) in [4.78, 5) is 24.5. The Morgan fingerprint density at radius 3 is 2.56 bits per heavy atom. The summed E-state index contributed by atoms with van der Waals surface area (Å²) in [6, 6.07) is -1.13. The van der Waals surface area contributed by atoms with E-state index in [4.69, 9.17) is 5.11 Å². The van der Waals surface area contributed by atoms with Crippen molar-refractivity contribution < 1.29 is 27.9 Å². The molecule has 0 atom stereocenters. The number of halogens is 3. The third-order valence-corrected chi connectivity index (χ3v) is 1.99. The van der Waals surface area contributed by atoms with Gasteiger partial charge in [-0.25, -0.2) is 9.59 Å². The number of alkyl halides is 3. The number of aromatic carboxylic acids is 1. The van der Waals surface area contributed by atoms with Gasteiger partial charge in [-0.1, -0.05) is 0 Å². The molecular weight excluding hydrogens is 255 g/mol. The van der Waals surface area contributed by atoms with E-state index in [1.165, 1.54) is 13.1 Å². The summed E-state index contributed by atoms with van der Waals surface area (Å²) < 4.78 is 35.5. The first kappa shape index (κ1) is 13.9. The van der Waals surface area contributed by atoms with E-state index in [1.54, 1.807) is 5.32 Å². The van der Waals surface area contributed by atoms with Crippen molar-refractivity contribution in [1.82, 2.24) is 10.3 Å². The molecule has 0 aromatic carbocycles. The maximum absolute atomic E-state index is 11.8. The lowest BCUT2D eigenvalue weighted by Crippen LogP contribution is -2.36. The highest BCUT2D eigenvalue weighted by Gasteiger charge is 2.28. The molecular formula is C9H10F3N3O3. The molecule has 1 aromatic rings. The molecule has 1 rings (SSSR count). The average molecular weight is 265 g/mol. The predicted octanol–water partition coefficient (Wildman–Crippen LogP) is 1.71. The van der Waals surface area contributed by atoms with Gasteiger partial charge in [0.05, 0.1) is 5.69 Å². The quantitative estimate of drug-likeness (QED) is 0.670. The van der Waals surface area contributed by atoms with Crippen LogP contribution >= 0.6 is 0 Å². The van der Waals surface area contributed by atoms with Gasteiger partial charge in [0, 0.05) is 11.9 Å². The van der Waals surface area contributed by atoms with Crippen LogP contribution in [-0.2, 0) is 0 Å². The fourth-order valence-electron chi connectivity index (χ4n) is 1.25. The van der Waals surface area contributed by atoms with E-state index in [2.05, 4.69) is 4.98 Å². The number of hydrogen-bond acceptors (Lipinski definition) is 2. The Hall–Kier alpha value is -2.19. The number of carbonyl (C=O) groups is 2. The molecule has 0 saturated heterocycles. The number of nitrogens with one attached hydrogen (secondary N) is 3. The van der Waals surface area contributed by atoms with Crippen LogP contribution in [0.15, 0.2) is 6.20 Å². The molecule has 0 bridgehead atoms. The van der Waals surface area contributed by atoms with Crippen LogP contribution in [-0.4, -0.2) is 34.8 Å². The van der Waals surface area contributed by atoms with Gasteiger partial charge in [0.25, 0.3) is 0 Å². The van der Waals surface area contributed by atoms with Crippen LogP contribution < -0.4 is 10.6 Å². The van der Waals surface area contributed by atoms with Gasteiger partial charge in [-0.2, -0.15) is 13.2 Å². The van der Waals surface area contributed by atoms with Gasteiger partial charge in [0.1, 0.15) is 12.1 Å². The van der Waals surface area contributed by atoms with E-state index < -0.39 is 24.7 Å². The van der Waals surface area contributed by atoms with Crippen LogP contribution in [0.5, 0.6) is 0 Å². The molecule has 0 aliphatic rings. The SMILES string of the molecule is Cc1[nH]cc(NC(=O)NCC(F)(F)F)c1C(=O)O. The van der Waals surface area contributed by atoms with Gasteiger partial charge in [-0.15, -0.1) is 0 Å². The number of aromatic amines is 1. The van der Waals surface area contributed by atoms with Crippen LogP contribution in [0.2, 0.25) is 0 Å². The average Bonchev–Trinajstić information content (AvgIpc) is 2.55. The molecule has 0 aliphatic heterocycles. The fourth-order valence-corrected chi connectivity index (χ4v) is 1.25. The topological polar surface area (TPSA) is 94.2 Å². The van der Waals surface area contributed by atoms with Crippen molar-refractivity contribution in [2.24, 2.45) is 0 Å². The number of amides is 2. The van der Waals surface area contributed by atoms with Gasteiger partial charge < -0.3 is 20.7 Å². The minimum atomic E-state index is -4.53. The van der Waals surface area contributed by atoms with E-state index in [9.17, 15) is 22.8 Å². The molecule has 100 valence electrons. The Bertz CT molecular complexity index is 467. The maximum atomic E-state index is 11.8. The number of urea groups is 1. The van der Waals surface area contributed by atoms with Gasteiger partial charge in [-0.3, -0.25) is 0 Å². The van der Waals surface area contributed by atoms with Crippen molar-refractivity contribution in [1.29, 1.82) is 0 Å². The third kappa shape index (κ3) is 3.68. The fraction of sp³-hybridized carbons (Fsp3) is 0.333. The summed E-state index contributed by atoms with van der Waals surface area (Å²) in [6.07, 6.45) is -3.34. The molecule has 4 N–H and O–H groups in total. The van der Waals surface area contributed by atoms with E-state index in [1.807, 2.05) is 5.32 Å². The minimum Gasteiger partial charge on any atom is -0.478 e. The standard InChI is InChI=1S/C9H10F3N3O3/c1-4-6(7(16)17)5(2-13-4)15-8(18)14-3-9(10,11)12/h2,13H,3H2,1H3,(H,16,17)(H2,14,15,18). The molecule has 0 unspecified atom stereocenters. The van der Waals surface area contributed by atoms with E-state index >= 15 is 0 Å². The van der Waals surface area contributed by atoms with Crippen LogP contribution in [0.3, 0.4) is 0 Å². The number of hydrogen-bond donors (Lipinski definition) is 4. The smallest absolute Gasteiger partial charge is 0.405 e. The Morgan fingerprint density at radius 2 is 2.06 bits per heavy atom. The molecule has 0 fully saturated rings. The van der Waals surface area contributed by atoms with E-state index in [-0.39, 0.29) is 16.9 Å². The predicted molar refractivity (Wildman–Crippen MR) is 55.6 cm³/mol. The molecule has 2 amide bonds. The Labute approximate surface area is 99.2 Å². The summed E-state index contributed by atoms with van der Waals surface area (Å²) in [7, 11) is 0. The Kier molecular flexibility index (Phi) is 3.84. The summed E-state index contributed by atoms with van der Waals surface area (Å²) in [5.74, 6) is -1.29. The van der Waals surface area contributed by atoms with Crippen LogP contribution in [0.25, 0.3) is 0 Å². The highest BCUT2D eigenvalue weighted by molar-refractivity contribution is 6.00. The summed E-state index contributed by atoms with van der Waals surface area (Å²) in [5.41, 5.74) is -0.00884. The van der Waals surface area contributed by atoms with Crippen molar-refractivity contribution in [2.75, 3.05) is 11.9 Å². The first-order valence-electron chi connectivity index (χ1n) is 4.73. The molecule has 1 heterocycles. The summed E-state index contributed by atoms with van der Waals surface area (Å²) in [5, 5.41) is 12.4. The van der Waals surface area contributed by atoms with E-state index in [0.29, 0.717) is 0 Å². The molecule has 9 heteroatoms. The van der Waals surface area contributed by atoms with Crippen molar-refractivity contribution in [3.63, 3.8) is 0 Å². The number of rotatable bonds is 3. The lowest BCUT2D eigenvalue weighted by atomic mass is 10.2. The molecule has 0 spiro atoms. The van der Waals surface area contributed by atoms with Crippen molar-refractivity contribution in [2.45, 2.75) is 13.1 Å². The first-order valence-corrected chi connectivity index (χ1v) is 4.73. The van der Waals surface area contributed by atoms with Crippen LogP contribution in [0.1, 0.15) is 16.1 Å². The van der Waals surface area contributed by atoms with Gasteiger partial charge in [0.15, 0.2) is 0 Å². The number of aryl methyl sites for hydroxylation is 1. The number of carbonyl (C=O) groups excluding carboxylic acids is 1. The maximum Gasteiger partial charge on any atom is 0.405 e. The second-order valence-corrected chi connectivity index (χ2v) is 3.43. The second kappa shape index (κ2) is 4.98. The largest absolute Gasteiger partial charge is 0.478 e. The highest BCUT2D eigenvalue weighted by Crippen LogP contribution is 2.19. The van der Waals surface area contributed by atoms with E-state index in [0.717, 1.165) is 0 Å². The highest BCUT2D eigenvalue weighted by atomic mass is 19.4. The zero-order valence-electron chi connectivity index (χ0n) is 9.18. The lowest BCUT2D eigenvalue weighted by Gasteiger charge is -2.09. The number of carboxylic acids is 1. The van der Waals surface area contributed by atoms with Gasteiger partial charge in [0.2, 0.25) is 0 Å². The molecule has 18 heavy (non-hydrogen) atoms.